The molecule has 0 amide bonds. The third-order valence-corrected chi connectivity index (χ3v) is 3.96. The normalized spacial score (nSPS) is 10.6. The zero-order valence-electron chi connectivity index (χ0n) is 9.56. The molecule has 0 saturated heterocycles. The second-order valence-corrected chi connectivity index (χ2v) is 5.44. The van der Waals surface area contributed by atoms with Crippen LogP contribution in [0.25, 0.3) is 0 Å². The third-order valence-electron chi connectivity index (χ3n) is 2.05. The molecule has 0 aliphatic carbocycles. The highest BCUT2D eigenvalue weighted by atomic mass is 79.9. The average molecular weight is 403 g/mol. The molecule has 1 aromatic heterocycles. The number of hydrazone groups is 1. The molecule has 0 aliphatic rings. The topological polar surface area (TPSA) is 49.6 Å². The first-order chi connectivity index (χ1) is 9.15. The Morgan fingerprint density at radius 2 is 2.00 bits per heavy atom. The van der Waals surface area contributed by atoms with Crippen LogP contribution in [0.5, 0.6) is 0 Å². The van der Waals surface area contributed by atoms with E-state index in [9.17, 15) is 0 Å². The smallest absolute Gasteiger partial charge is 0.191 e. The van der Waals surface area contributed by atoms with Crippen LogP contribution in [0, 0.1) is 0 Å². The first-order valence-corrected chi connectivity index (χ1v) is 7.24. The largest absolute Gasteiger partial charge is 0.447 e. The van der Waals surface area contributed by atoms with Crippen LogP contribution >= 0.6 is 44.1 Å². The number of thiocarbonyl (C=S) groups is 1. The zero-order chi connectivity index (χ0) is 13.7. The molecule has 1 heterocycles. The van der Waals surface area contributed by atoms with Gasteiger partial charge in [-0.2, -0.15) is 5.10 Å². The lowest BCUT2D eigenvalue weighted by atomic mass is 10.3. The summed E-state index contributed by atoms with van der Waals surface area (Å²) in [6.45, 7) is 0. The number of hydrogen-bond donors (Lipinski definition) is 2. The van der Waals surface area contributed by atoms with Crippen molar-refractivity contribution < 1.29 is 4.42 Å². The molecular weight excluding hydrogens is 394 g/mol. The number of anilines is 1. The lowest BCUT2D eigenvalue weighted by Crippen LogP contribution is -2.23. The van der Waals surface area contributed by atoms with Gasteiger partial charge >= 0.3 is 0 Å². The fourth-order valence-corrected chi connectivity index (χ4v) is 2.04. The molecule has 0 spiro atoms. The van der Waals surface area contributed by atoms with Crippen molar-refractivity contribution in [1.29, 1.82) is 0 Å². The van der Waals surface area contributed by atoms with Gasteiger partial charge in [-0.3, -0.25) is 5.43 Å². The molecule has 4 nitrogen and oxygen atoms in total. The lowest BCUT2D eigenvalue weighted by Gasteiger charge is -2.05. The Labute approximate surface area is 132 Å². The van der Waals surface area contributed by atoms with Crippen LogP contribution in [0.2, 0.25) is 0 Å². The summed E-state index contributed by atoms with van der Waals surface area (Å²) in [5.74, 6) is 0.605. The van der Waals surface area contributed by atoms with Crippen molar-refractivity contribution in [1.82, 2.24) is 5.43 Å². The molecule has 1 aromatic carbocycles. The highest BCUT2D eigenvalue weighted by Crippen LogP contribution is 2.25. The Bertz CT molecular complexity index is 579. The summed E-state index contributed by atoms with van der Waals surface area (Å²) in [7, 11) is 0. The van der Waals surface area contributed by atoms with Crippen molar-refractivity contribution in [2.24, 2.45) is 5.10 Å². The molecule has 19 heavy (non-hydrogen) atoms. The molecule has 98 valence electrons. The van der Waals surface area contributed by atoms with Crippen LogP contribution in [0.1, 0.15) is 5.76 Å². The van der Waals surface area contributed by atoms with Crippen molar-refractivity contribution in [3.8, 4) is 0 Å². The number of benzene rings is 1. The van der Waals surface area contributed by atoms with Gasteiger partial charge in [-0.05, 0) is 56.2 Å². The van der Waals surface area contributed by atoms with Crippen molar-refractivity contribution in [2.75, 3.05) is 5.32 Å². The fourth-order valence-electron chi connectivity index (χ4n) is 1.26. The van der Waals surface area contributed by atoms with Crippen molar-refractivity contribution in [3.05, 3.63) is 51.3 Å². The Balaban J connectivity index is 1.87. The minimum Gasteiger partial charge on any atom is -0.447 e. The van der Waals surface area contributed by atoms with Gasteiger partial charge in [-0.25, -0.2) is 0 Å². The molecule has 7 heteroatoms. The Morgan fingerprint density at radius 3 is 2.63 bits per heavy atom. The molecule has 0 bridgehead atoms. The van der Waals surface area contributed by atoms with Crippen LogP contribution in [0.3, 0.4) is 0 Å². The predicted octanol–water partition coefficient (Wildman–Crippen LogP) is 4.13. The monoisotopic (exact) mass is 401 g/mol. The van der Waals surface area contributed by atoms with E-state index in [0.717, 1.165) is 10.2 Å². The maximum atomic E-state index is 5.33. The molecule has 2 aromatic rings. The van der Waals surface area contributed by atoms with Crippen molar-refractivity contribution in [2.45, 2.75) is 0 Å². The van der Waals surface area contributed by atoms with Crippen LogP contribution in [-0.4, -0.2) is 11.3 Å². The van der Waals surface area contributed by atoms with E-state index in [4.69, 9.17) is 16.6 Å². The van der Waals surface area contributed by atoms with Gasteiger partial charge in [0.15, 0.2) is 9.78 Å². The Hall–Kier alpha value is -1.18. The quantitative estimate of drug-likeness (QED) is 0.460. The first kappa shape index (κ1) is 14.2. The number of nitrogens with one attached hydrogen (secondary N) is 2. The summed E-state index contributed by atoms with van der Waals surface area (Å²) in [5.41, 5.74) is 3.61. The lowest BCUT2D eigenvalue weighted by molar-refractivity contribution is 0.532. The summed E-state index contributed by atoms with van der Waals surface area (Å²) in [6.07, 6.45) is 1.54. The molecule has 2 rings (SSSR count). The average Bonchev–Trinajstić information content (AvgIpc) is 2.70. The highest BCUT2D eigenvalue weighted by Gasteiger charge is 2.03. The third kappa shape index (κ3) is 4.45. The van der Waals surface area contributed by atoms with Crippen LogP contribution < -0.4 is 10.7 Å². The van der Waals surface area contributed by atoms with E-state index in [-0.39, 0.29) is 0 Å². The first-order valence-electron chi connectivity index (χ1n) is 5.25. The SMILES string of the molecule is S=C(NN=Cc1cc(Br)c(Br)o1)Nc1ccccc1. The van der Waals surface area contributed by atoms with E-state index >= 15 is 0 Å². The number of para-hydroxylation sites is 1. The van der Waals surface area contributed by atoms with Crippen LogP contribution in [-0.2, 0) is 0 Å². The van der Waals surface area contributed by atoms with E-state index < -0.39 is 0 Å². The van der Waals surface area contributed by atoms with E-state index in [1.54, 1.807) is 6.07 Å². The van der Waals surface area contributed by atoms with Crippen LogP contribution in [0.15, 0.2) is 55.1 Å². The number of hydrogen-bond acceptors (Lipinski definition) is 3. The minimum absolute atomic E-state index is 0.409. The van der Waals surface area contributed by atoms with Crippen LogP contribution in [0.4, 0.5) is 5.69 Å². The minimum atomic E-state index is 0.409. The zero-order valence-corrected chi connectivity index (χ0v) is 13.5. The molecule has 2 N–H and O–H groups in total. The Kier molecular flexibility index (Phi) is 5.12. The van der Waals surface area contributed by atoms with E-state index in [1.807, 2.05) is 30.3 Å². The van der Waals surface area contributed by atoms with Gasteiger partial charge in [0, 0.05) is 11.8 Å². The van der Waals surface area contributed by atoms with E-state index in [0.29, 0.717) is 15.5 Å². The number of halogens is 2. The summed E-state index contributed by atoms with van der Waals surface area (Å²) >= 11 is 11.7. The predicted molar refractivity (Wildman–Crippen MR) is 87.5 cm³/mol. The molecular formula is C12H9Br2N3OS. The number of rotatable bonds is 3. The second kappa shape index (κ2) is 6.83. The highest BCUT2D eigenvalue weighted by molar-refractivity contribution is 9.13. The van der Waals surface area contributed by atoms with Gasteiger partial charge in [0.25, 0.3) is 0 Å². The van der Waals surface area contributed by atoms with Gasteiger partial charge in [-0.1, -0.05) is 18.2 Å². The standard InChI is InChI=1S/C12H9Br2N3OS/c13-10-6-9(18-11(10)14)7-15-17-12(19)16-8-4-2-1-3-5-8/h1-7H,(H2,16,17,19). The summed E-state index contributed by atoms with van der Waals surface area (Å²) in [4.78, 5) is 0. The molecule has 0 radical (unpaired) electrons. The summed E-state index contributed by atoms with van der Waals surface area (Å²) in [5, 5.41) is 7.39. The molecule has 0 aliphatic heterocycles. The van der Waals surface area contributed by atoms with E-state index in [2.05, 4.69) is 47.7 Å². The number of furan rings is 1. The maximum Gasteiger partial charge on any atom is 0.191 e. The molecule has 0 fully saturated rings. The summed E-state index contributed by atoms with van der Waals surface area (Å²) in [6, 6.07) is 11.4. The Morgan fingerprint density at radius 1 is 1.26 bits per heavy atom. The van der Waals surface area contributed by atoms with Gasteiger partial charge in [0.1, 0.15) is 5.76 Å². The molecule has 0 saturated carbocycles. The second-order valence-electron chi connectivity index (χ2n) is 3.46. The molecule has 0 unspecified atom stereocenters. The fraction of sp³-hybridized carbons (Fsp3) is 0. The van der Waals surface area contributed by atoms with E-state index in [1.165, 1.54) is 6.21 Å². The van der Waals surface area contributed by atoms with Crippen molar-refractivity contribution >= 4 is 61.1 Å². The van der Waals surface area contributed by atoms with Gasteiger partial charge in [0.2, 0.25) is 0 Å². The molecule has 0 atom stereocenters. The van der Waals surface area contributed by atoms with Crippen molar-refractivity contribution in [3.63, 3.8) is 0 Å². The summed E-state index contributed by atoms with van der Waals surface area (Å²) < 4.78 is 6.79. The van der Waals surface area contributed by atoms with Gasteiger partial charge < -0.3 is 9.73 Å². The maximum absolute atomic E-state index is 5.33. The number of nitrogens with zero attached hydrogens (tertiary/aromatic N) is 1. The van der Waals surface area contributed by atoms with Gasteiger partial charge in [0.05, 0.1) is 10.7 Å². The van der Waals surface area contributed by atoms with Gasteiger partial charge in [-0.15, -0.1) is 0 Å².